The maximum Gasteiger partial charge on any atom is 0.0431 e. The van der Waals surface area contributed by atoms with E-state index in [0.717, 1.165) is 25.7 Å². The van der Waals surface area contributed by atoms with Gasteiger partial charge in [-0.15, -0.1) is 0 Å². The van der Waals surface area contributed by atoms with Gasteiger partial charge in [0.25, 0.3) is 0 Å². The van der Waals surface area contributed by atoms with Crippen LogP contribution in [0.4, 0.5) is 0 Å². The third kappa shape index (κ3) is 24.6. The van der Waals surface area contributed by atoms with Crippen LogP contribution in [0.3, 0.4) is 0 Å². The van der Waals surface area contributed by atoms with Crippen molar-refractivity contribution in [1.82, 2.24) is 0 Å². The molecular formula is C17H34O. The van der Waals surface area contributed by atoms with Crippen molar-refractivity contribution in [3.63, 3.8) is 0 Å². The quantitative estimate of drug-likeness (QED) is 0.394. The highest BCUT2D eigenvalue weighted by atomic mass is 16.2. The molecule has 1 nitrogen and oxygen atoms in total. The van der Waals surface area contributed by atoms with E-state index in [0.29, 0.717) is 6.61 Å². The van der Waals surface area contributed by atoms with E-state index in [4.69, 9.17) is 5.11 Å². The summed E-state index contributed by atoms with van der Waals surface area (Å²) in [5.74, 6) is 0. The van der Waals surface area contributed by atoms with Crippen molar-refractivity contribution < 1.29 is 5.11 Å². The van der Waals surface area contributed by atoms with Crippen LogP contribution in [-0.2, 0) is 0 Å². The molecule has 1 N–H and O–H groups in total. The summed E-state index contributed by atoms with van der Waals surface area (Å²) in [6.45, 7) is 6.88. The van der Waals surface area contributed by atoms with Crippen LogP contribution in [0.25, 0.3) is 0 Å². The summed E-state index contributed by atoms with van der Waals surface area (Å²) < 4.78 is 0. The van der Waals surface area contributed by atoms with Crippen LogP contribution in [0.15, 0.2) is 24.3 Å². The van der Waals surface area contributed by atoms with Crippen LogP contribution >= 0.6 is 0 Å². The van der Waals surface area contributed by atoms with Crippen molar-refractivity contribution in [2.24, 2.45) is 0 Å². The Balaban J connectivity index is 0. The summed E-state index contributed by atoms with van der Waals surface area (Å²) in [6, 6.07) is 0. The van der Waals surface area contributed by atoms with Gasteiger partial charge < -0.3 is 5.11 Å². The minimum atomic E-state index is 0.333. The zero-order chi connectivity index (χ0) is 13.9. The minimum Gasteiger partial charge on any atom is -0.396 e. The molecule has 0 aliphatic heterocycles. The third-order valence-electron chi connectivity index (χ3n) is 2.56. The molecule has 18 heavy (non-hydrogen) atoms. The Bertz CT molecular complexity index is 150. The van der Waals surface area contributed by atoms with Crippen molar-refractivity contribution in [1.29, 1.82) is 0 Å². The van der Waals surface area contributed by atoms with E-state index in [2.05, 4.69) is 45.1 Å². The molecule has 108 valence electrons. The molecule has 0 unspecified atom stereocenters. The zero-order valence-electron chi connectivity index (χ0n) is 12.8. The van der Waals surface area contributed by atoms with Crippen LogP contribution in [-0.4, -0.2) is 11.7 Å². The molecule has 0 aromatic carbocycles. The fourth-order valence-electron chi connectivity index (χ4n) is 1.46. The molecule has 0 aromatic heterocycles. The largest absolute Gasteiger partial charge is 0.396 e. The topological polar surface area (TPSA) is 20.2 Å². The first kappa shape index (κ1) is 19.8. The van der Waals surface area contributed by atoms with Crippen LogP contribution < -0.4 is 0 Å². The normalized spacial score (nSPS) is 10.9. The summed E-state index contributed by atoms with van der Waals surface area (Å²) in [4.78, 5) is 0. The highest BCUT2D eigenvalue weighted by molar-refractivity contribution is 4.79. The lowest BCUT2D eigenvalue weighted by molar-refractivity contribution is 0.285. The van der Waals surface area contributed by atoms with Gasteiger partial charge in [0.15, 0.2) is 0 Å². The summed E-state index contributed by atoms with van der Waals surface area (Å²) in [5, 5.41) is 8.40. The zero-order valence-corrected chi connectivity index (χ0v) is 12.8. The number of rotatable bonds is 10. The second-order valence-corrected chi connectivity index (χ2v) is 4.47. The maximum absolute atomic E-state index is 8.40. The van der Waals surface area contributed by atoms with Crippen LogP contribution in [0.1, 0.15) is 78.6 Å². The van der Waals surface area contributed by atoms with Gasteiger partial charge in [0.05, 0.1) is 0 Å². The van der Waals surface area contributed by atoms with Gasteiger partial charge in [-0.25, -0.2) is 0 Å². The van der Waals surface area contributed by atoms with Gasteiger partial charge in [0, 0.05) is 6.61 Å². The van der Waals surface area contributed by atoms with Gasteiger partial charge in [-0.1, -0.05) is 57.9 Å². The fraction of sp³-hybridized carbons (Fsp3) is 0.765. The average Bonchev–Trinajstić information content (AvgIpc) is 2.39. The van der Waals surface area contributed by atoms with Crippen molar-refractivity contribution in [3.05, 3.63) is 24.3 Å². The molecule has 0 radical (unpaired) electrons. The van der Waals surface area contributed by atoms with Gasteiger partial charge in [-0.05, 0) is 44.9 Å². The standard InChI is InChI=1S/C9H18.C8H16O/c1-3-5-7-9-8-6-4-2;1-2-3-4-5-6-7-8-9/h5,7H,3-4,6,8-9H2,1-2H3;3-4,9H,2,5-8H2,1H3/b7-5-;4-3+. The summed E-state index contributed by atoms with van der Waals surface area (Å²) in [5.41, 5.74) is 0. The predicted octanol–water partition coefficient (Wildman–Crippen LogP) is 5.65. The highest BCUT2D eigenvalue weighted by Crippen LogP contribution is 1.99. The Kier molecular flexibility index (Phi) is 23.8. The summed E-state index contributed by atoms with van der Waals surface area (Å²) >= 11 is 0. The molecule has 0 amide bonds. The van der Waals surface area contributed by atoms with Crippen LogP contribution in [0.2, 0.25) is 0 Å². The van der Waals surface area contributed by atoms with Gasteiger partial charge >= 0.3 is 0 Å². The second kappa shape index (κ2) is 21.7. The Morgan fingerprint density at radius 3 is 1.56 bits per heavy atom. The fourth-order valence-corrected chi connectivity index (χ4v) is 1.46. The van der Waals surface area contributed by atoms with Crippen molar-refractivity contribution in [3.8, 4) is 0 Å². The molecule has 0 bridgehead atoms. The summed E-state index contributed by atoms with van der Waals surface area (Å²) in [6.07, 6.45) is 19.7. The van der Waals surface area contributed by atoms with Crippen LogP contribution in [0, 0.1) is 0 Å². The molecule has 0 saturated carbocycles. The molecule has 0 heterocycles. The van der Waals surface area contributed by atoms with E-state index >= 15 is 0 Å². The second-order valence-electron chi connectivity index (χ2n) is 4.47. The lowest BCUT2D eigenvalue weighted by Crippen LogP contribution is -1.79. The molecular weight excluding hydrogens is 220 g/mol. The molecule has 0 aromatic rings. The molecule has 0 saturated heterocycles. The van der Waals surface area contributed by atoms with E-state index in [1.165, 1.54) is 32.1 Å². The van der Waals surface area contributed by atoms with E-state index in [9.17, 15) is 0 Å². The minimum absolute atomic E-state index is 0.333. The number of allylic oxidation sites excluding steroid dienone is 4. The third-order valence-corrected chi connectivity index (χ3v) is 2.56. The van der Waals surface area contributed by atoms with E-state index < -0.39 is 0 Å². The lowest BCUT2D eigenvalue weighted by Gasteiger charge is -1.89. The average molecular weight is 254 g/mol. The molecule has 1 heteroatoms. The van der Waals surface area contributed by atoms with Crippen LogP contribution in [0.5, 0.6) is 0 Å². The Morgan fingerprint density at radius 2 is 1.17 bits per heavy atom. The molecule has 0 aliphatic rings. The first-order valence-electron chi connectivity index (χ1n) is 7.74. The molecule has 0 aliphatic carbocycles. The highest BCUT2D eigenvalue weighted by Gasteiger charge is 1.80. The Hall–Kier alpha value is -0.560. The number of aliphatic hydroxyl groups is 1. The van der Waals surface area contributed by atoms with E-state index in [1.807, 2.05) is 0 Å². The first-order chi connectivity index (χ1) is 8.83. The predicted molar refractivity (Wildman–Crippen MR) is 83.9 cm³/mol. The van der Waals surface area contributed by atoms with E-state index in [-0.39, 0.29) is 0 Å². The Morgan fingerprint density at radius 1 is 0.667 bits per heavy atom. The lowest BCUT2D eigenvalue weighted by atomic mass is 10.2. The van der Waals surface area contributed by atoms with Crippen molar-refractivity contribution in [2.75, 3.05) is 6.61 Å². The molecule has 0 rings (SSSR count). The number of hydrogen-bond acceptors (Lipinski definition) is 1. The van der Waals surface area contributed by atoms with E-state index in [1.54, 1.807) is 0 Å². The molecule has 0 fully saturated rings. The summed E-state index contributed by atoms with van der Waals surface area (Å²) in [7, 11) is 0. The number of hydrogen-bond donors (Lipinski definition) is 1. The van der Waals surface area contributed by atoms with Gasteiger partial charge in [-0.2, -0.15) is 0 Å². The van der Waals surface area contributed by atoms with Crippen molar-refractivity contribution in [2.45, 2.75) is 78.6 Å². The number of unbranched alkanes of at least 4 members (excludes halogenated alkanes) is 5. The SMILES string of the molecule is CC/C=C/CCCCO.CC/C=C\CCCCC. The Labute approximate surface area is 115 Å². The first-order valence-corrected chi connectivity index (χ1v) is 7.74. The maximum atomic E-state index is 8.40. The van der Waals surface area contributed by atoms with Gasteiger partial charge in [0.2, 0.25) is 0 Å². The monoisotopic (exact) mass is 254 g/mol. The number of aliphatic hydroxyl groups excluding tert-OH is 1. The van der Waals surface area contributed by atoms with Gasteiger partial charge in [0.1, 0.15) is 0 Å². The molecule has 0 spiro atoms. The van der Waals surface area contributed by atoms with Gasteiger partial charge in [-0.3, -0.25) is 0 Å². The molecule has 0 atom stereocenters. The van der Waals surface area contributed by atoms with Crippen molar-refractivity contribution >= 4 is 0 Å². The smallest absolute Gasteiger partial charge is 0.0431 e.